The zero-order valence-corrected chi connectivity index (χ0v) is 11.3. The summed E-state index contributed by atoms with van der Waals surface area (Å²) >= 11 is 0. The molecule has 0 fully saturated rings. The average molecular weight is 247 g/mol. The molecule has 0 radical (unpaired) electrons. The number of aliphatic hydroxyl groups excluding tert-OH is 2. The van der Waals surface area contributed by atoms with E-state index in [4.69, 9.17) is 9.84 Å². The molecule has 0 spiro atoms. The van der Waals surface area contributed by atoms with Crippen molar-refractivity contribution in [2.45, 2.75) is 58.2 Å². The molecule has 0 aliphatic heterocycles. The van der Waals surface area contributed by atoms with Gasteiger partial charge in [0.1, 0.15) is 0 Å². The van der Waals surface area contributed by atoms with E-state index in [-0.39, 0.29) is 6.10 Å². The lowest BCUT2D eigenvalue weighted by molar-refractivity contribution is 0.0351. The van der Waals surface area contributed by atoms with Crippen LogP contribution in [0.1, 0.15) is 46.0 Å². The molecule has 0 rings (SSSR count). The van der Waals surface area contributed by atoms with Crippen LogP contribution in [-0.4, -0.2) is 48.7 Å². The van der Waals surface area contributed by atoms with Crippen molar-refractivity contribution in [1.29, 1.82) is 0 Å². The smallest absolute Gasteiger partial charge is 0.0897 e. The van der Waals surface area contributed by atoms with Crippen LogP contribution in [0, 0.1) is 0 Å². The summed E-state index contributed by atoms with van der Waals surface area (Å²) in [5.41, 5.74) is 0. The van der Waals surface area contributed by atoms with E-state index in [0.29, 0.717) is 19.6 Å². The number of aliphatic hydroxyl groups is 2. The monoisotopic (exact) mass is 247 g/mol. The second kappa shape index (κ2) is 12.3. The molecule has 3 N–H and O–H groups in total. The van der Waals surface area contributed by atoms with Gasteiger partial charge in [0.15, 0.2) is 0 Å². The molecule has 4 heteroatoms. The molecule has 0 saturated carbocycles. The molecule has 0 saturated heterocycles. The molecule has 0 amide bonds. The van der Waals surface area contributed by atoms with Crippen LogP contribution in [0.25, 0.3) is 0 Å². The van der Waals surface area contributed by atoms with Crippen LogP contribution in [0.15, 0.2) is 0 Å². The van der Waals surface area contributed by atoms with E-state index in [1.54, 1.807) is 6.92 Å². The van der Waals surface area contributed by atoms with E-state index in [0.717, 1.165) is 19.6 Å². The van der Waals surface area contributed by atoms with Gasteiger partial charge in [0, 0.05) is 13.2 Å². The van der Waals surface area contributed by atoms with Crippen molar-refractivity contribution in [2.24, 2.45) is 0 Å². The molecule has 4 nitrogen and oxygen atoms in total. The van der Waals surface area contributed by atoms with Gasteiger partial charge in [-0.15, -0.1) is 0 Å². The molecule has 17 heavy (non-hydrogen) atoms. The minimum absolute atomic E-state index is 0.283. The molecule has 0 aromatic carbocycles. The van der Waals surface area contributed by atoms with Crippen LogP contribution in [-0.2, 0) is 4.74 Å². The first-order valence-corrected chi connectivity index (χ1v) is 6.81. The molecule has 2 unspecified atom stereocenters. The van der Waals surface area contributed by atoms with Crippen LogP contribution >= 0.6 is 0 Å². The molecule has 0 aliphatic carbocycles. The predicted octanol–water partition coefficient (Wildman–Crippen LogP) is 1.30. The molecule has 0 aromatic rings. The highest BCUT2D eigenvalue weighted by atomic mass is 16.5. The number of hydrogen-bond acceptors (Lipinski definition) is 4. The molecular formula is C13H29NO3. The van der Waals surface area contributed by atoms with E-state index in [2.05, 4.69) is 12.2 Å². The van der Waals surface area contributed by atoms with E-state index >= 15 is 0 Å². The fraction of sp³-hybridized carbons (Fsp3) is 1.00. The first kappa shape index (κ1) is 16.8. The van der Waals surface area contributed by atoms with Gasteiger partial charge in [-0.2, -0.15) is 0 Å². The largest absolute Gasteiger partial charge is 0.393 e. The Labute approximate surface area is 105 Å². The summed E-state index contributed by atoms with van der Waals surface area (Å²) in [5.74, 6) is 0. The number of rotatable bonds is 12. The highest BCUT2D eigenvalue weighted by Crippen LogP contribution is 1.99. The molecule has 0 aliphatic rings. The van der Waals surface area contributed by atoms with Crippen molar-refractivity contribution in [3.63, 3.8) is 0 Å². The highest BCUT2D eigenvalue weighted by molar-refractivity contribution is 4.59. The Hall–Kier alpha value is -0.160. The third kappa shape index (κ3) is 13.8. The first-order valence-electron chi connectivity index (χ1n) is 6.81. The molecule has 0 heterocycles. The van der Waals surface area contributed by atoms with E-state index < -0.39 is 6.10 Å². The number of hydrogen-bond donors (Lipinski definition) is 3. The second-order valence-electron chi connectivity index (χ2n) is 4.63. The molecular weight excluding hydrogens is 218 g/mol. The third-order valence-electron chi connectivity index (χ3n) is 2.57. The fourth-order valence-corrected chi connectivity index (χ4v) is 1.49. The Morgan fingerprint density at radius 3 is 2.59 bits per heavy atom. The Bertz CT molecular complexity index is 154. The van der Waals surface area contributed by atoms with Crippen molar-refractivity contribution >= 4 is 0 Å². The van der Waals surface area contributed by atoms with Gasteiger partial charge in [0.25, 0.3) is 0 Å². The molecule has 0 aromatic heterocycles. The molecule has 2 atom stereocenters. The predicted molar refractivity (Wildman–Crippen MR) is 70.1 cm³/mol. The van der Waals surface area contributed by atoms with Crippen LogP contribution in [0.4, 0.5) is 0 Å². The average Bonchev–Trinajstić information content (AvgIpc) is 2.29. The van der Waals surface area contributed by atoms with Crippen LogP contribution < -0.4 is 5.32 Å². The van der Waals surface area contributed by atoms with Crippen LogP contribution in [0.2, 0.25) is 0 Å². The fourth-order valence-electron chi connectivity index (χ4n) is 1.49. The van der Waals surface area contributed by atoms with Gasteiger partial charge in [-0.1, -0.05) is 26.2 Å². The van der Waals surface area contributed by atoms with Crippen molar-refractivity contribution in [3.8, 4) is 0 Å². The first-order chi connectivity index (χ1) is 8.16. The topological polar surface area (TPSA) is 61.7 Å². The summed E-state index contributed by atoms with van der Waals surface area (Å²) in [6.07, 6.45) is 4.76. The van der Waals surface area contributed by atoms with Gasteiger partial charge in [0.05, 0.1) is 18.8 Å². The summed E-state index contributed by atoms with van der Waals surface area (Å²) in [5, 5.41) is 21.7. The summed E-state index contributed by atoms with van der Waals surface area (Å²) in [7, 11) is 0. The number of unbranched alkanes of at least 4 members (excludes halogenated alkanes) is 3. The van der Waals surface area contributed by atoms with Crippen LogP contribution in [0.3, 0.4) is 0 Å². The maximum atomic E-state index is 9.57. The lowest BCUT2D eigenvalue weighted by Crippen LogP contribution is -2.32. The maximum Gasteiger partial charge on any atom is 0.0897 e. The normalized spacial score (nSPS) is 14.8. The summed E-state index contributed by atoms with van der Waals surface area (Å²) in [4.78, 5) is 0. The molecule has 0 bridgehead atoms. The molecule has 104 valence electrons. The Kier molecular flexibility index (Phi) is 12.2. The lowest BCUT2D eigenvalue weighted by Gasteiger charge is -2.12. The van der Waals surface area contributed by atoms with Gasteiger partial charge in [-0.25, -0.2) is 0 Å². The van der Waals surface area contributed by atoms with Crippen molar-refractivity contribution in [1.82, 2.24) is 5.32 Å². The summed E-state index contributed by atoms with van der Waals surface area (Å²) in [6, 6.07) is 0. The summed E-state index contributed by atoms with van der Waals surface area (Å²) in [6.45, 7) is 6.34. The third-order valence-corrected chi connectivity index (χ3v) is 2.57. The van der Waals surface area contributed by atoms with Crippen molar-refractivity contribution < 1.29 is 14.9 Å². The van der Waals surface area contributed by atoms with Crippen molar-refractivity contribution in [3.05, 3.63) is 0 Å². The lowest BCUT2D eigenvalue weighted by atomic mass is 10.2. The van der Waals surface area contributed by atoms with Crippen LogP contribution in [0.5, 0.6) is 0 Å². The highest BCUT2D eigenvalue weighted by Gasteiger charge is 2.03. The maximum absolute atomic E-state index is 9.57. The van der Waals surface area contributed by atoms with E-state index in [9.17, 15) is 5.11 Å². The zero-order valence-electron chi connectivity index (χ0n) is 11.3. The van der Waals surface area contributed by atoms with Gasteiger partial charge >= 0.3 is 0 Å². The van der Waals surface area contributed by atoms with Gasteiger partial charge in [-0.3, -0.25) is 0 Å². The zero-order chi connectivity index (χ0) is 12.9. The Morgan fingerprint density at radius 2 is 1.94 bits per heavy atom. The number of nitrogens with one attached hydrogen (secondary N) is 1. The SMILES string of the molecule is CCCCCCOCC(O)CNCCC(C)O. The van der Waals surface area contributed by atoms with Gasteiger partial charge in [0.2, 0.25) is 0 Å². The Balaban J connectivity index is 3.14. The second-order valence-corrected chi connectivity index (χ2v) is 4.63. The minimum Gasteiger partial charge on any atom is -0.393 e. The Morgan fingerprint density at radius 1 is 1.18 bits per heavy atom. The quantitative estimate of drug-likeness (QED) is 0.455. The van der Waals surface area contributed by atoms with E-state index in [1.807, 2.05) is 0 Å². The van der Waals surface area contributed by atoms with Gasteiger partial charge < -0.3 is 20.3 Å². The van der Waals surface area contributed by atoms with Gasteiger partial charge in [-0.05, 0) is 26.3 Å². The number of ether oxygens (including phenoxy) is 1. The minimum atomic E-state index is -0.449. The van der Waals surface area contributed by atoms with E-state index in [1.165, 1.54) is 19.3 Å². The summed E-state index contributed by atoms with van der Waals surface area (Å²) < 4.78 is 5.38. The standard InChI is InChI=1S/C13H29NO3/c1-3-4-5-6-9-17-11-13(16)10-14-8-7-12(2)15/h12-16H,3-11H2,1-2H3. The van der Waals surface area contributed by atoms with Crippen molar-refractivity contribution in [2.75, 3.05) is 26.3 Å².